The summed E-state index contributed by atoms with van der Waals surface area (Å²) in [5, 5.41) is 0. The van der Waals surface area contributed by atoms with Gasteiger partial charge in [-0.1, -0.05) is 100.0 Å². The lowest BCUT2D eigenvalue weighted by Gasteiger charge is -2.32. The number of allylic oxidation sites excluding steroid dienone is 1. The standard InChI is InChI=1S/C28H28O/c1-19-16-17-23-22(18-19)24(25-26(2,3)27(25,4)5)28(29-23,20-12-8-6-9-13-20)21-14-10-7-11-15-21/h6-18H,1-5H3. The van der Waals surface area contributed by atoms with Gasteiger partial charge in [-0.25, -0.2) is 0 Å². The van der Waals surface area contributed by atoms with Crippen molar-refractivity contribution in [2.45, 2.75) is 40.2 Å². The number of ether oxygens (including phenoxy) is 1. The van der Waals surface area contributed by atoms with E-state index in [0.717, 1.165) is 5.75 Å². The van der Waals surface area contributed by atoms with Crippen molar-refractivity contribution in [1.29, 1.82) is 0 Å². The summed E-state index contributed by atoms with van der Waals surface area (Å²) in [6, 6.07) is 28.0. The Hall–Kier alpha value is -2.80. The molecule has 0 aromatic heterocycles. The zero-order chi connectivity index (χ0) is 20.4. The molecule has 146 valence electrons. The van der Waals surface area contributed by atoms with E-state index in [1.54, 1.807) is 0 Å². The van der Waals surface area contributed by atoms with Crippen molar-refractivity contribution >= 4 is 5.57 Å². The Bertz CT molecular complexity index is 1060. The summed E-state index contributed by atoms with van der Waals surface area (Å²) in [5.41, 5.74) is 7.34. The highest BCUT2D eigenvalue weighted by atomic mass is 16.5. The Balaban J connectivity index is 1.92. The fraction of sp³-hybridized carbons (Fsp3) is 0.286. The van der Waals surface area contributed by atoms with E-state index < -0.39 is 5.60 Å². The molecule has 5 rings (SSSR count). The second kappa shape index (κ2) is 5.86. The van der Waals surface area contributed by atoms with Crippen LogP contribution in [-0.2, 0) is 5.60 Å². The third-order valence-corrected chi connectivity index (χ3v) is 7.38. The van der Waals surface area contributed by atoms with Crippen LogP contribution in [0.25, 0.3) is 5.57 Å². The van der Waals surface area contributed by atoms with Gasteiger partial charge < -0.3 is 4.74 Å². The summed E-state index contributed by atoms with van der Waals surface area (Å²) < 4.78 is 6.96. The van der Waals surface area contributed by atoms with Crippen molar-refractivity contribution in [3.8, 4) is 5.75 Å². The highest BCUT2D eigenvalue weighted by molar-refractivity contribution is 5.90. The van der Waals surface area contributed by atoms with E-state index in [-0.39, 0.29) is 10.8 Å². The Morgan fingerprint density at radius 2 is 1.17 bits per heavy atom. The number of fused-ring (bicyclic) bond motifs is 1. The first-order chi connectivity index (χ1) is 13.8. The van der Waals surface area contributed by atoms with Gasteiger partial charge in [-0.2, -0.15) is 0 Å². The van der Waals surface area contributed by atoms with Gasteiger partial charge in [0.1, 0.15) is 5.75 Å². The van der Waals surface area contributed by atoms with E-state index >= 15 is 0 Å². The van der Waals surface area contributed by atoms with Crippen LogP contribution in [0.4, 0.5) is 0 Å². The number of rotatable bonds is 2. The molecule has 1 aliphatic carbocycles. The van der Waals surface area contributed by atoms with Crippen LogP contribution in [0.5, 0.6) is 5.75 Å². The van der Waals surface area contributed by atoms with Crippen molar-refractivity contribution in [1.82, 2.24) is 0 Å². The van der Waals surface area contributed by atoms with Crippen molar-refractivity contribution in [2.24, 2.45) is 10.8 Å². The first-order valence-corrected chi connectivity index (χ1v) is 10.5. The Kier molecular flexibility index (Phi) is 3.68. The van der Waals surface area contributed by atoms with Crippen molar-refractivity contribution in [3.05, 3.63) is 107 Å². The maximum Gasteiger partial charge on any atom is 0.185 e. The molecule has 0 unspecified atom stereocenters. The number of hydrogen-bond donors (Lipinski definition) is 0. The third kappa shape index (κ3) is 2.34. The molecule has 0 amide bonds. The highest BCUT2D eigenvalue weighted by Gasteiger charge is 2.65. The Morgan fingerprint density at radius 3 is 1.66 bits per heavy atom. The van der Waals surface area contributed by atoms with Gasteiger partial charge in [0.25, 0.3) is 0 Å². The van der Waals surface area contributed by atoms with E-state index in [4.69, 9.17) is 4.74 Å². The Morgan fingerprint density at radius 1 is 0.655 bits per heavy atom. The molecule has 1 fully saturated rings. The first kappa shape index (κ1) is 18.2. The molecule has 3 aromatic carbocycles. The minimum absolute atomic E-state index is 0.131. The summed E-state index contributed by atoms with van der Waals surface area (Å²) in [6.45, 7) is 11.6. The van der Waals surface area contributed by atoms with Crippen molar-refractivity contribution < 1.29 is 4.74 Å². The highest BCUT2D eigenvalue weighted by Crippen LogP contribution is 2.73. The van der Waals surface area contributed by atoms with Crippen LogP contribution in [0, 0.1) is 17.8 Å². The van der Waals surface area contributed by atoms with E-state index in [2.05, 4.69) is 113 Å². The average molecular weight is 381 g/mol. The number of aryl methyl sites for hydroxylation is 1. The third-order valence-electron chi connectivity index (χ3n) is 7.38. The molecule has 0 N–H and O–H groups in total. The summed E-state index contributed by atoms with van der Waals surface area (Å²) >= 11 is 0. The van der Waals surface area contributed by atoms with E-state index in [1.165, 1.54) is 33.4 Å². The molecule has 0 radical (unpaired) electrons. The second-order valence-corrected chi connectivity index (χ2v) is 9.51. The minimum Gasteiger partial charge on any atom is -0.472 e. The molecule has 3 aromatic rings. The van der Waals surface area contributed by atoms with E-state index in [1.807, 2.05) is 0 Å². The van der Waals surface area contributed by atoms with Crippen LogP contribution in [0.2, 0.25) is 0 Å². The van der Waals surface area contributed by atoms with Gasteiger partial charge >= 0.3 is 0 Å². The summed E-state index contributed by atoms with van der Waals surface area (Å²) in [6.07, 6.45) is 0. The molecular formula is C28H28O. The van der Waals surface area contributed by atoms with Crippen LogP contribution in [0.15, 0.2) is 84.4 Å². The molecule has 1 aliphatic heterocycles. The molecule has 0 atom stereocenters. The van der Waals surface area contributed by atoms with Crippen LogP contribution in [0.1, 0.15) is 49.9 Å². The average Bonchev–Trinajstić information content (AvgIpc) is 2.98. The van der Waals surface area contributed by atoms with Gasteiger partial charge in [0.2, 0.25) is 0 Å². The Labute approximate surface area is 174 Å². The van der Waals surface area contributed by atoms with E-state index in [0.29, 0.717) is 0 Å². The molecule has 29 heavy (non-hydrogen) atoms. The first-order valence-electron chi connectivity index (χ1n) is 10.5. The smallest absolute Gasteiger partial charge is 0.185 e. The van der Waals surface area contributed by atoms with Crippen LogP contribution < -0.4 is 4.74 Å². The van der Waals surface area contributed by atoms with Crippen LogP contribution in [-0.4, -0.2) is 0 Å². The molecule has 1 saturated carbocycles. The second-order valence-electron chi connectivity index (χ2n) is 9.51. The normalized spacial score (nSPS) is 20.2. The molecule has 0 spiro atoms. The lowest BCUT2D eigenvalue weighted by atomic mass is 9.77. The maximum atomic E-state index is 6.96. The lowest BCUT2D eigenvalue weighted by Crippen LogP contribution is -2.32. The maximum absolute atomic E-state index is 6.96. The topological polar surface area (TPSA) is 9.23 Å². The van der Waals surface area contributed by atoms with Gasteiger partial charge in [0.15, 0.2) is 5.60 Å². The number of hydrogen-bond acceptors (Lipinski definition) is 1. The lowest BCUT2D eigenvalue weighted by molar-refractivity contribution is 0.191. The fourth-order valence-electron chi connectivity index (χ4n) is 5.22. The molecule has 0 bridgehead atoms. The molecule has 2 aliphatic rings. The number of benzene rings is 3. The van der Waals surface area contributed by atoms with Gasteiger partial charge in [0, 0.05) is 22.3 Å². The molecule has 1 nitrogen and oxygen atoms in total. The monoisotopic (exact) mass is 380 g/mol. The predicted octanol–water partition coefficient (Wildman–Crippen LogP) is 7.15. The summed E-state index contributed by atoms with van der Waals surface area (Å²) in [4.78, 5) is 0. The van der Waals surface area contributed by atoms with Crippen molar-refractivity contribution in [3.63, 3.8) is 0 Å². The van der Waals surface area contributed by atoms with E-state index in [9.17, 15) is 0 Å². The zero-order valence-corrected chi connectivity index (χ0v) is 17.9. The molecule has 1 heterocycles. The SMILES string of the molecule is Cc1ccc2c(c1)C(=C1C(C)(C)C1(C)C)C(c1ccccc1)(c1ccccc1)O2. The largest absolute Gasteiger partial charge is 0.472 e. The summed E-state index contributed by atoms with van der Waals surface area (Å²) in [5.74, 6) is 0.976. The quantitative estimate of drug-likeness (QED) is 0.458. The van der Waals surface area contributed by atoms with Gasteiger partial charge in [-0.3, -0.25) is 0 Å². The van der Waals surface area contributed by atoms with Gasteiger partial charge in [-0.05, 0) is 35.5 Å². The zero-order valence-electron chi connectivity index (χ0n) is 17.9. The molecule has 1 heteroatoms. The van der Waals surface area contributed by atoms with Crippen LogP contribution in [0.3, 0.4) is 0 Å². The summed E-state index contributed by atoms with van der Waals surface area (Å²) in [7, 11) is 0. The van der Waals surface area contributed by atoms with Crippen molar-refractivity contribution in [2.75, 3.05) is 0 Å². The predicted molar refractivity (Wildman–Crippen MR) is 120 cm³/mol. The molecular weight excluding hydrogens is 352 g/mol. The molecule has 0 saturated heterocycles. The van der Waals surface area contributed by atoms with Gasteiger partial charge in [0.05, 0.1) is 0 Å². The van der Waals surface area contributed by atoms with Crippen LogP contribution >= 0.6 is 0 Å². The minimum atomic E-state index is -0.626. The fourth-order valence-corrected chi connectivity index (χ4v) is 5.22. The van der Waals surface area contributed by atoms with Gasteiger partial charge in [-0.15, -0.1) is 0 Å².